The molecule has 102 valence electrons. The van der Waals surface area contributed by atoms with Crippen LogP contribution in [0.4, 0.5) is 5.82 Å². The van der Waals surface area contributed by atoms with Crippen LogP contribution in [0.25, 0.3) is 10.2 Å². The zero-order chi connectivity index (χ0) is 13.9. The van der Waals surface area contributed by atoms with Crippen molar-refractivity contribution in [2.24, 2.45) is 0 Å². The Kier molecular flexibility index (Phi) is 3.65. The van der Waals surface area contributed by atoms with Gasteiger partial charge in [-0.05, 0) is 30.4 Å². The third kappa shape index (κ3) is 2.39. The van der Waals surface area contributed by atoms with Crippen LogP contribution in [0, 0.1) is 6.92 Å². The van der Waals surface area contributed by atoms with Gasteiger partial charge in [0.15, 0.2) is 0 Å². The zero-order valence-electron chi connectivity index (χ0n) is 11.7. The van der Waals surface area contributed by atoms with Gasteiger partial charge >= 0.3 is 0 Å². The molecule has 3 nitrogen and oxygen atoms in total. The van der Waals surface area contributed by atoms with Crippen molar-refractivity contribution in [1.29, 1.82) is 0 Å². The maximum Gasteiger partial charge on any atom is 0.141 e. The molecule has 2 aromatic heterocycles. The first-order valence-electron chi connectivity index (χ1n) is 6.77. The van der Waals surface area contributed by atoms with E-state index in [-0.39, 0.29) is 0 Å². The third-order valence-electron chi connectivity index (χ3n) is 3.43. The number of nitrogens with zero attached hydrogens (tertiary/aromatic N) is 3. The van der Waals surface area contributed by atoms with E-state index in [4.69, 9.17) is 0 Å². The quantitative estimate of drug-likeness (QED) is 0.724. The van der Waals surface area contributed by atoms with Crippen molar-refractivity contribution in [2.45, 2.75) is 20.4 Å². The van der Waals surface area contributed by atoms with Crippen LogP contribution in [0.1, 0.15) is 18.1 Å². The Morgan fingerprint density at radius 3 is 2.70 bits per heavy atom. The van der Waals surface area contributed by atoms with Gasteiger partial charge in [-0.25, -0.2) is 9.97 Å². The summed E-state index contributed by atoms with van der Waals surface area (Å²) in [5, 5.41) is 3.34. The molecular formula is C16H17N3S. The normalized spacial score (nSPS) is 10.9. The molecule has 20 heavy (non-hydrogen) atoms. The minimum absolute atomic E-state index is 0.874. The maximum absolute atomic E-state index is 4.53. The fraction of sp³-hybridized carbons (Fsp3) is 0.250. The number of hydrogen-bond donors (Lipinski definition) is 0. The number of anilines is 1. The summed E-state index contributed by atoms with van der Waals surface area (Å²) in [6.07, 6.45) is 1.67. The van der Waals surface area contributed by atoms with Gasteiger partial charge in [0.25, 0.3) is 0 Å². The maximum atomic E-state index is 4.53. The van der Waals surface area contributed by atoms with Gasteiger partial charge in [0.2, 0.25) is 0 Å². The van der Waals surface area contributed by atoms with E-state index in [2.05, 4.69) is 58.4 Å². The van der Waals surface area contributed by atoms with E-state index in [0.717, 1.165) is 23.7 Å². The summed E-state index contributed by atoms with van der Waals surface area (Å²) in [7, 11) is 0. The number of aromatic nitrogens is 2. The van der Waals surface area contributed by atoms with Crippen LogP contribution in [0.3, 0.4) is 0 Å². The highest BCUT2D eigenvalue weighted by Gasteiger charge is 2.14. The molecule has 0 aliphatic carbocycles. The van der Waals surface area contributed by atoms with E-state index in [9.17, 15) is 0 Å². The molecule has 3 aromatic rings. The molecule has 0 N–H and O–H groups in total. The number of rotatable bonds is 4. The van der Waals surface area contributed by atoms with Crippen LogP contribution in [0.5, 0.6) is 0 Å². The Morgan fingerprint density at radius 1 is 1.15 bits per heavy atom. The fourth-order valence-corrected chi connectivity index (χ4v) is 3.26. The summed E-state index contributed by atoms with van der Waals surface area (Å²) >= 11 is 1.68. The second kappa shape index (κ2) is 5.59. The summed E-state index contributed by atoms with van der Waals surface area (Å²) < 4.78 is 0. The Bertz CT molecular complexity index is 706. The summed E-state index contributed by atoms with van der Waals surface area (Å²) in [4.78, 5) is 12.3. The van der Waals surface area contributed by atoms with E-state index >= 15 is 0 Å². The van der Waals surface area contributed by atoms with Gasteiger partial charge in [-0.15, -0.1) is 11.3 Å². The Hall–Kier alpha value is -1.94. The van der Waals surface area contributed by atoms with Crippen molar-refractivity contribution in [3.05, 3.63) is 53.2 Å². The van der Waals surface area contributed by atoms with Gasteiger partial charge < -0.3 is 4.90 Å². The third-order valence-corrected chi connectivity index (χ3v) is 4.44. The summed E-state index contributed by atoms with van der Waals surface area (Å²) in [5.74, 6) is 1.04. The summed E-state index contributed by atoms with van der Waals surface area (Å²) in [5.41, 5.74) is 2.56. The van der Waals surface area contributed by atoms with Crippen molar-refractivity contribution in [3.63, 3.8) is 0 Å². The average molecular weight is 283 g/mol. The molecule has 0 aliphatic rings. The van der Waals surface area contributed by atoms with Crippen molar-refractivity contribution >= 4 is 27.4 Å². The Morgan fingerprint density at radius 2 is 1.95 bits per heavy atom. The smallest absolute Gasteiger partial charge is 0.141 e. The summed E-state index contributed by atoms with van der Waals surface area (Å²) in [6.45, 7) is 6.09. The minimum Gasteiger partial charge on any atom is -0.352 e. The van der Waals surface area contributed by atoms with Gasteiger partial charge in [0.1, 0.15) is 17.0 Å². The fourth-order valence-electron chi connectivity index (χ4n) is 2.38. The SMILES string of the molecule is CCN(Cc1ccccc1)c1ncnc2scc(C)c12. The molecule has 0 atom stereocenters. The van der Waals surface area contributed by atoms with Gasteiger partial charge in [-0.3, -0.25) is 0 Å². The second-order valence-corrected chi connectivity index (χ2v) is 5.65. The molecular weight excluding hydrogens is 266 g/mol. The lowest BCUT2D eigenvalue weighted by atomic mass is 10.2. The first-order chi connectivity index (χ1) is 9.79. The number of benzene rings is 1. The molecule has 2 heterocycles. The largest absolute Gasteiger partial charge is 0.352 e. The van der Waals surface area contributed by atoms with E-state index in [1.807, 2.05) is 6.07 Å². The molecule has 0 amide bonds. The molecule has 0 fully saturated rings. The van der Waals surface area contributed by atoms with Crippen molar-refractivity contribution in [3.8, 4) is 0 Å². The molecule has 0 bridgehead atoms. The van der Waals surface area contributed by atoms with E-state index in [0.29, 0.717) is 0 Å². The molecule has 0 radical (unpaired) electrons. The monoisotopic (exact) mass is 283 g/mol. The van der Waals surface area contributed by atoms with Crippen molar-refractivity contribution < 1.29 is 0 Å². The van der Waals surface area contributed by atoms with E-state index < -0.39 is 0 Å². The Balaban J connectivity index is 2.01. The van der Waals surface area contributed by atoms with E-state index in [1.54, 1.807) is 17.7 Å². The first kappa shape index (κ1) is 13.1. The highest BCUT2D eigenvalue weighted by Crippen LogP contribution is 2.31. The lowest BCUT2D eigenvalue weighted by Gasteiger charge is -2.23. The van der Waals surface area contributed by atoms with Gasteiger partial charge in [0, 0.05) is 13.1 Å². The molecule has 0 saturated carbocycles. The molecule has 1 aromatic carbocycles. The first-order valence-corrected chi connectivity index (χ1v) is 7.65. The van der Waals surface area contributed by atoms with Gasteiger partial charge in [0.05, 0.1) is 5.39 Å². The number of hydrogen-bond acceptors (Lipinski definition) is 4. The number of aryl methyl sites for hydroxylation is 1. The zero-order valence-corrected chi connectivity index (χ0v) is 12.5. The van der Waals surface area contributed by atoms with Gasteiger partial charge in [-0.1, -0.05) is 30.3 Å². The molecule has 4 heteroatoms. The summed E-state index contributed by atoms with van der Waals surface area (Å²) in [6, 6.07) is 10.5. The molecule has 0 spiro atoms. The number of fused-ring (bicyclic) bond motifs is 1. The van der Waals surface area contributed by atoms with Crippen LogP contribution >= 0.6 is 11.3 Å². The highest BCUT2D eigenvalue weighted by molar-refractivity contribution is 7.17. The van der Waals surface area contributed by atoms with Crippen LogP contribution in [-0.2, 0) is 6.54 Å². The standard InChI is InChI=1S/C16H17N3S/c1-3-19(9-13-7-5-4-6-8-13)15-14-12(2)10-20-16(14)18-11-17-15/h4-8,10-11H,3,9H2,1-2H3. The van der Waals surface area contributed by atoms with Crippen LogP contribution in [-0.4, -0.2) is 16.5 Å². The predicted octanol–water partition coefficient (Wildman–Crippen LogP) is 4.03. The second-order valence-electron chi connectivity index (χ2n) is 4.80. The van der Waals surface area contributed by atoms with Gasteiger partial charge in [-0.2, -0.15) is 0 Å². The van der Waals surface area contributed by atoms with Crippen LogP contribution in [0.2, 0.25) is 0 Å². The molecule has 0 saturated heterocycles. The highest BCUT2D eigenvalue weighted by atomic mass is 32.1. The lowest BCUT2D eigenvalue weighted by Crippen LogP contribution is -2.23. The molecule has 0 aliphatic heterocycles. The van der Waals surface area contributed by atoms with Crippen molar-refractivity contribution in [1.82, 2.24) is 9.97 Å². The Labute approximate surface area is 122 Å². The van der Waals surface area contributed by atoms with Crippen molar-refractivity contribution in [2.75, 3.05) is 11.4 Å². The predicted molar refractivity (Wildman–Crippen MR) is 85.3 cm³/mol. The number of thiophene rings is 1. The molecule has 3 rings (SSSR count). The van der Waals surface area contributed by atoms with Crippen LogP contribution < -0.4 is 4.90 Å². The lowest BCUT2D eigenvalue weighted by molar-refractivity contribution is 0.816. The average Bonchev–Trinajstić information content (AvgIpc) is 2.88. The van der Waals surface area contributed by atoms with Crippen LogP contribution in [0.15, 0.2) is 42.0 Å². The minimum atomic E-state index is 0.874. The molecule has 0 unspecified atom stereocenters. The van der Waals surface area contributed by atoms with E-state index in [1.165, 1.54) is 16.5 Å². The topological polar surface area (TPSA) is 29.0 Å².